The minimum Gasteiger partial charge on any atom is -0.507 e. The van der Waals surface area contributed by atoms with Crippen LogP contribution in [0.1, 0.15) is 25.8 Å². The number of carbonyl (C=O) groups is 1. The van der Waals surface area contributed by atoms with E-state index in [1.54, 1.807) is 24.3 Å². The number of aromatic hydroxyl groups is 1. The van der Waals surface area contributed by atoms with Crippen molar-refractivity contribution in [1.29, 1.82) is 0 Å². The van der Waals surface area contributed by atoms with Crippen molar-refractivity contribution >= 4 is 16.8 Å². The molecular formula is C16H20N2O3. The largest absolute Gasteiger partial charge is 0.507 e. The number of rotatable bonds is 5. The molecule has 2 rings (SSSR count). The van der Waals surface area contributed by atoms with Crippen LogP contribution in [0.25, 0.3) is 10.9 Å². The van der Waals surface area contributed by atoms with Gasteiger partial charge in [-0.15, -0.1) is 0 Å². The fourth-order valence-corrected chi connectivity index (χ4v) is 2.15. The van der Waals surface area contributed by atoms with E-state index in [2.05, 4.69) is 24.1 Å². The number of aromatic nitrogens is 1. The summed E-state index contributed by atoms with van der Waals surface area (Å²) in [5.74, 6) is 0.128. The molecule has 0 saturated carbocycles. The van der Waals surface area contributed by atoms with Gasteiger partial charge in [0.05, 0.1) is 17.5 Å². The van der Waals surface area contributed by atoms with E-state index < -0.39 is 5.56 Å². The fourth-order valence-electron chi connectivity index (χ4n) is 2.15. The van der Waals surface area contributed by atoms with Crippen LogP contribution >= 0.6 is 0 Å². The highest BCUT2D eigenvalue weighted by molar-refractivity contribution is 5.88. The van der Waals surface area contributed by atoms with Crippen LogP contribution in [0.4, 0.5) is 0 Å². The molecule has 5 nitrogen and oxygen atoms in total. The molecule has 0 fully saturated rings. The number of amides is 1. The number of carbonyl (C=O) groups excluding carboxylic acids is 1. The number of hydrogen-bond donors (Lipinski definition) is 3. The van der Waals surface area contributed by atoms with E-state index in [9.17, 15) is 14.7 Å². The van der Waals surface area contributed by atoms with Gasteiger partial charge in [0, 0.05) is 11.9 Å². The molecule has 0 spiro atoms. The maximum atomic E-state index is 12.0. The molecule has 0 bridgehead atoms. The summed E-state index contributed by atoms with van der Waals surface area (Å²) in [5.41, 5.74) is 0.241. The van der Waals surface area contributed by atoms with Crippen molar-refractivity contribution in [1.82, 2.24) is 10.3 Å². The van der Waals surface area contributed by atoms with Crippen LogP contribution in [0.2, 0.25) is 0 Å². The molecule has 0 aliphatic carbocycles. The van der Waals surface area contributed by atoms with E-state index in [0.717, 1.165) is 6.42 Å². The molecule has 1 aromatic heterocycles. The third-order valence-electron chi connectivity index (χ3n) is 3.37. The highest BCUT2D eigenvalue weighted by Crippen LogP contribution is 2.24. The van der Waals surface area contributed by atoms with Crippen LogP contribution in [-0.4, -0.2) is 22.5 Å². The SMILES string of the molecule is CC(C)CCNC(=O)Cc1c(O)c2ccccc2[nH]c1=O. The average molecular weight is 288 g/mol. The molecule has 1 aromatic carbocycles. The lowest BCUT2D eigenvalue weighted by molar-refractivity contribution is -0.120. The molecular weight excluding hydrogens is 268 g/mol. The van der Waals surface area contributed by atoms with Gasteiger partial charge in [-0.25, -0.2) is 0 Å². The third kappa shape index (κ3) is 3.62. The molecule has 1 heterocycles. The molecule has 0 saturated heterocycles. The smallest absolute Gasteiger partial charge is 0.255 e. The molecule has 2 aromatic rings. The first-order valence-corrected chi connectivity index (χ1v) is 7.08. The molecule has 112 valence electrons. The Bertz CT molecular complexity index is 704. The standard InChI is InChI=1S/C16H20N2O3/c1-10(2)7-8-17-14(19)9-12-15(20)11-5-3-4-6-13(11)18-16(12)21/h3-6,10H,7-9H2,1-2H3,(H,17,19)(H2,18,20,21). The van der Waals surface area contributed by atoms with Gasteiger partial charge in [-0.1, -0.05) is 26.0 Å². The van der Waals surface area contributed by atoms with Gasteiger partial charge in [-0.3, -0.25) is 9.59 Å². The molecule has 3 N–H and O–H groups in total. The van der Waals surface area contributed by atoms with Gasteiger partial charge in [-0.2, -0.15) is 0 Å². The fraction of sp³-hybridized carbons (Fsp3) is 0.375. The summed E-state index contributed by atoms with van der Waals surface area (Å²) in [5, 5.41) is 13.5. The normalized spacial score (nSPS) is 11.0. The number of H-pyrrole nitrogens is 1. The first kappa shape index (κ1) is 15.1. The first-order chi connectivity index (χ1) is 9.99. The quantitative estimate of drug-likeness (QED) is 0.786. The van der Waals surface area contributed by atoms with Gasteiger partial charge in [0.1, 0.15) is 5.75 Å². The number of hydrogen-bond acceptors (Lipinski definition) is 3. The van der Waals surface area contributed by atoms with Crippen LogP contribution in [0.15, 0.2) is 29.1 Å². The minimum absolute atomic E-state index is 0.107. The van der Waals surface area contributed by atoms with Gasteiger partial charge in [0.2, 0.25) is 5.91 Å². The predicted molar refractivity (Wildman–Crippen MR) is 82.4 cm³/mol. The van der Waals surface area contributed by atoms with Crippen molar-refractivity contribution in [2.24, 2.45) is 5.92 Å². The van der Waals surface area contributed by atoms with Crippen LogP contribution < -0.4 is 10.9 Å². The van der Waals surface area contributed by atoms with Gasteiger partial charge < -0.3 is 15.4 Å². The Kier molecular flexibility index (Phi) is 4.62. The molecule has 1 amide bonds. The topological polar surface area (TPSA) is 82.2 Å². The van der Waals surface area contributed by atoms with Gasteiger partial charge in [0.25, 0.3) is 5.56 Å². The van der Waals surface area contributed by atoms with E-state index >= 15 is 0 Å². The molecule has 5 heteroatoms. The van der Waals surface area contributed by atoms with Crippen LogP contribution in [-0.2, 0) is 11.2 Å². The second-order valence-corrected chi connectivity index (χ2v) is 5.54. The Morgan fingerprint density at radius 1 is 1.33 bits per heavy atom. The third-order valence-corrected chi connectivity index (χ3v) is 3.37. The summed E-state index contributed by atoms with van der Waals surface area (Å²) in [6.07, 6.45) is 0.760. The van der Waals surface area contributed by atoms with Crippen molar-refractivity contribution in [3.8, 4) is 5.75 Å². The van der Waals surface area contributed by atoms with Crippen LogP contribution in [0.5, 0.6) is 5.75 Å². The lowest BCUT2D eigenvalue weighted by atomic mass is 10.1. The summed E-state index contributed by atoms with van der Waals surface area (Å²) >= 11 is 0. The Hall–Kier alpha value is -2.30. The van der Waals surface area contributed by atoms with Crippen molar-refractivity contribution in [2.75, 3.05) is 6.54 Å². The van der Waals surface area contributed by atoms with E-state index in [4.69, 9.17) is 0 Å². The summed E-state index contributed by atoms with van der Waals surface area (Å²) in [6.45, 7) is 4.72. The zero-order chi connectivity index (χ0) is 15.4. The van der Waals surface area contributed by atoms with Crippen LogP contribution in [0, 0.1) is 5.92 Å². The lowest BCUT2D eigenvalue weighted by Crippen LogP contribution is -2.29. The maximum absolute atomic E-state index is 12.0. The predicted octanol–water partition coefficient (Wildman–Crippen LogP) is 1.94. The molecule has 0 aliphatic heterocycles. The summed E-state index contributed by atoms with van der Waals surface area (Å²) < 4.78 is 0. The van der Waals surface area contributed by atoms with Gasteiger partial charge in [-0.05, 0) is 24.5 Å². The summed E-state index contributed by atoms with van der Waals surface area (Å²) in [4.78, 5) is 26.5. The van der Waals surface area contributed by atoms with Crippen molar-refractivity contribution in [3.63, 3.8) is 0 Å². The maximum Gasteiger partial charge on any atom is 0.255 e. The molecule has 21 heavy (non-hydrogen) atoms. The number of nitrogens with one attached hydrogen (secondary N) is 2. The first-order valence-electron chi connectivity index (χ1n) is 7.08. The Morgan fingerprint density at radius 3 is 2.76 bits per heavy atom. The van der Waals surface area contributed by atoms with E-state index in [-0.39, 0.29) is 23.6 Å². The van der Waals surface area contributed by atoms with E-state index in [1.807, 2.05) is 0 Å². The monoisotopic (exact) mass is 288 g/mol. The molecule has 0 unspecified atom stereocenters. The highest BCUT2D eigenvalue weighted by atomic mass is 16.3. The van der Waals surface area contributed by atoms with E-state index in [0.29, 0.717) is 23.4 Å². The number of pyridine rings is 1. The van der Waals surface area contributed by atoms with Crippen molar-refractivity contribution < 1.29 is 9.90 Å². The summed E-state index contributed by atoms with van der Waals surface area (Å²) in [6, 6.07) is 6.96. The highest BCUT2D eigenvalue weighted by Gasteiger charge is 2.14. The Balaban J connectivity index is 2.18. The zero-order valence-electron chi connectivity index (χ0n) is 12.3. The Morgan fingerprint density at radius 2 is 2.05 bits per heavy atom. The van der Waals surface area contributed by atoms with Gasteiger partial charge in [0.15, 0.2) is 0 Å². The second kappa shape index (κ2) is 6.43. The number of fused-ring (bicyclic) bond motifs is 1. The molecule has 0 radical (unpaired) electrons. The second-order valence-electron chi connectivity index (χ2n) is 5.54. The minimum atomic E-state index is -0.426. The van der Waals surface area contributed by atoms with Crippen molar-refractivity contribution in [3.05, 3.63) is 40.2 Å². The van der Waals surface area contributed by atoms with Crippen LogP contribution in [0.3, 0.4) is 0 Å². The van der Waals surface area contributed by atoms with Gasteiger partial charge >= 0.3 is 0 Å². The average Bonchev–Trinajstić information content (AvgIpc) is 2.43. The van der Waals surface area contributed by atoms with Crippen molar-refractivity contribution in [2.45, 2.75) is 26.7 Å². The zero-order valence-corrected chi connectivity index (χ0v) is 12.3. The number of aromatic amines is 1. The Labute approximate surface area is 123 Å². The number of benzene rings is 1. The lowest BCUT2D eigenvalue weighted by Gasteiger charge is -2.09. The van der Waals surface area contributed by atoms with E-state index in [1.165, 1.54) is 0 Å². The molecule has 0 aliphatic rings. The summed E-state index contributed by atoms with van der Waals surface area (Å²) in [7, 11) is 0. The number of para-hydroxylation sites is 1. The molecule has 0 atom stereocenters.